The van der Waals surface area contributed by atoms with Crippen molar-refractivity contribution in [3.63, 3.8) is 0 Å². The minimum Gasteiger partial charge on any atom is -0.366 e. The first-order valence-corrected chi connectivity index (χ1v) is 10.4. The van der Waals surface area contributed by atoms with Crippen LogP contribution in [-0.2, 0) is 13.0 Å². The molecule has 2 N–H and O–H groups in total. The third-order valence-electron chi connectivity index (χ3n) is 5.48. The van der Waals surface area contributed by atoms with Gasteiger partial charge < -0.3 is 10.6 Å². The molecule has 0 fully saturated rings. The van der Waals surface area contributed by atoms with E-state index >= 15 is 0 Å². The molecule has 1 atom stereocenters. The Labute approximate surface area is 188 Å². The fourth-order valence-corrected chi connectivity index (χ4v) is 4.47. The molecule has 0 aliphatic heterocycles. The van der Waals surface area contributed by atoms with Crippen molar-refractivity contribution in [2.75, 3.05) is 0 Å². The molecular formula is C23H18Cl2FN3O2. The van der Waals surface area contributed by atoms with Crippen molar-refractivity contribution in [3.8, 4) is 0 Å². The lowest BCUT2D eigenvalue weighted by molar-refractivity contribution is 0.0656. The number of hydrogen-bond donors (Lipinski definition) is 1. The zero-order chi connectivity index (χ0) is 22.1. The summed E-state index contributed by atoms with van der Waals surface area (Å²) in [4.78, 5) is 31.0. The molecule has 1 heterocycles. The Hall–Kier alpha value is -2.96. The predicted molar refractivity (Wildman–Crippen MR) is 117 cm³/mol. The summed E-state index contributed by atoms with van der Waals surface area (Å²) in [6.45, 7) is 0.0921. The summed E-state index contributed by atoms with van der Waals surface area (Å²) in [6.07, 6.45) is 3.85. The van der Waals surface area contributed by atoms with Gasteiger partial charge >= 0.3 is 0 Å². The van der Waals surface area contributed by atoms with E-state index < -0.39 is 17.8 Å². The molecule has 5 nitrogen and oxygen atoms in total. The van der Waals surface area contributed by atoms with Crippen molar-refractivity contribution in [1.29, 1.82) is 0 Å². The molecule has 158 valence electrons. The van der Waals surface area contributed by atoms with Crippen molar-refractivity contribution in [3.05, 3.63) is 98.5 Å². The topological polar surface area (TPSA) is 76.3 Å². The van der Waals surface area contributed by atoms with Gasteiger partial charge in [-0.3, -0.25) is 14.6 Å². The third-order valence-corrected chi connectivity index (χ3v) is 6.00. The summed E-state index contributed by atoms with van der Waals surface area (Å²) in [5, 5.41) is 0.464. The maximum absolute atomic E-state index is 14.5. The molecule has 0 saturated carbocycles. The fourth-order valence-electron chi connectivity index (χ4n) is 4.05. The molecule has 1 aromatic heterocycles. The lowest BCUT2D eigenvalue weighted by Crippen LogP contribution is -2.34. The zero-order valence-electron chi connectivity index (χ0n) is 16.3. The highest BCUT2D eigenvalue weighted by Crippen LogP contribution is 2.40. The van der Waals surface area contributed by atoms with E-state index in [0.717, 1.165) is 0 Å². The largest absolute Gasteiger partial charge is 0.366 e. The second kappa shape index (κ2) is 8.65. The van der Waals surface area contributed by atoms with E-state index in [-0.39, 0.29) is 28.1 Å². The Morgan fingerprint density at radius 1 is 1.16 bits per heavy atom. The number of primary amides is 1. The van der Waals surface area contributed by atoms with E-state index in [4.69, 9.17) is 28.9 Å². The van der Waals surface area contributed by atoms with E-state index in [2.05, 4.69) is 4.98 Å². The number of benzene rings is 2. The summed E-state index contributed by atoms with van der Waals surface area (Å²) in [7, 11) is 0. The molecule has 2 amide bonds. The molecule has 8 heteroatoms. The Morgan fingerprint density at radius 2 is 1.94 bits per heavy atom. The minimum absolute atomic E-state index is 0.0921. The monoisotopic (exact) mass is 457 g/mol. The molecule has 2 aromatic carbocycles. The van der Waals surface area contributed by atoms with Crippen molar-refractivity contribution in [2.24, 2.45) is 5.73 Å². The Balaban J connectivity index is 1.81. The molecule has 0 unspecified atom stereocenters. The van der Waals surface area contributed by atoms with Crippen LogP contribution in [0.15, 0.2) is 54.9 Å². The van der Waals surface area contributed by atoms with Crippen LogP contribution in [0.2, 0.25) is 10.0 Å². The van der Waals surface area contributed by atoms with Gasteiger partial charge in [0.25, 0.3) is 5.91 Å². The van der Waals surface area contributed by atoms with Crippen molar-refractivity contribution in [1.82, 2.24) is 9.88 Å². The van der Waals surface area contributed by atoms with E-state index in [1.807, 2.05) is 0 Å². The first-order valence-electron chi connectivity index (χ1n) is 9.63. The van der Waals surface area contributed by atoms with Crippen LogP contribution in [0.1, 0.15) is 49.9 Å². The fraction of sp³-hybridized carbons (Fsp3) is 0.174. The molecule has 0 spiro atoms. The summed E-state index contributed by atoms with van der Waals surface area (Å²) >= 11 is 12.4. The van der Waals surface area contributed by atoms with Gasteiger partial charge in [-0.15, -0.1) is 0 Å². The highest BCUT2D eigenvalue weighted by Gasteiger charge is 2.34. The predicted octanol–water partition coefficient (Wildman–Crippen LogP) is 4.96. The Kier molecular flexibility index (Phi) is 5.94. The molecular weight excluding hydrogens is 440 g/mol. The van der Waals surface area contributed by atoms with Gasteiger partial charge in [-0.2, -0.15) is 0 Å². The van der Waals surface area contributed by atoms with Crippen molar-refractivity contribution in [2.45, 2.75) is 25.4 Å². The van der Waals surface area contributed by atoms with Gasteiger partial charge in [-0.05, 0) is 53.8 Å². The first kappa shape index (κ1) is 21.3. The van der Waals surface area contributed by atoms with Crippen molar-refractivity contribution >= 4 is 35.0 Å². The van der Waals surface area contributed by atoms with Gasteiger partial charge in [-0.25, -0.2) is 4.39 Å². The van der Waals surface area contributed by atoms with Crippen LogP contribution in [0, 0.1) is 5.82 Å². The lowest BCUT2D eigenvalue weighted by Gasteiger charge is -2.31. The zero-order valence-corrected chi connectivity index (χ0v) is 17.8. The maximum atomic E-state index is 14.5. The van der Waals surface area contributed by atoms with Crippen LogP contribution in [0.25, 0.3) is 0 Å². The standard InChI is InChI=1S/C23H18Cl2FN3O2/c24-14-9-18-16(20(26)10-14)5-6-21(18)29(23(31)17-7-8-28-11-19(17)25)12-13-3-1-2-4-15(13)22(27)30/h1-4,7-11,21H,5-6,12H2,(H2,27,30)/t21-/m1/s1. The number of nitrogens with two attached hydrogens (primary N) is 1. The average Bonchev–Trinajstić information content (AvgIpc) is 3.16. The maximum Gasteiger partial charge on any atom is 0.256 e. The van der Waals surface area contributed by atoms with Crippen LogP contribution in [-0.4, -0.2) is 21.7 Å². The number of fused-ring (bicyclic) bond motifs is 1. The molecule has 0 radical (unpaired) electrons. The quantitative estimate of drug-likeness (QED) is 0.588. The van der Waals surface area contributed by atoms with E-state index in [0.29, 0.717) is 35.1 Å². The van der Waals surface area contributed by atoms with Crippen molar-refractivity contribution < 1.29 is 14.0 Å². The normalized spacial score (nSPS) is 14.9. The first-order chi connectivity index (χ1) is 14.9. The summed E-state index contributed by atoms with van der Waals surface area (Å²) in [5.41, 5.74) is 7.90. The summed E-state index contributed by atoms with van der Waals surface area (Å²) in [5.74, 6) is -1.34. The van der Waals surface area contributed by atoms with E-state index in [1.54, 1.807) is 35.2 Å². The number of aromatic nitrogens is 1. The smallest absolute Gasteiger partial charge is 0.256 e. The van der Waals surface area contributed by atoms with Gasteiger partial charge in [-0.1, -0.05) is 41.4 Å². The highest BCUT2D eigenvalue weighted by atomic mass is 35.5. The van der Waals surface area contributed by atoms with Gasteiger partial charge in [0, 0.05) is 29.5 Å². The second-order valence-corrected chi connectivity index (χ2v) is 8.16. The van der Waals surface area contributed by atoms with Crippen LogP contribution < -0.4 is 5.73 Å². The molecule has 31 heavy (non-hydrogen) atoms. The number of halogens is 3. The molecule has 4 rings (SSSR count). The number of carbonyl (C=O) groups excluding carboxylic acids is 2. The molecule has 0 bridgehead atoms. The number of hydrogen-bond acceptors (Lipinski definition) is 3. The highest BCUT2D eigenvalue weighted by molar-refractivity contribution is 6.33. The van der Waals surface area contributed by atoms with Gasteiger partial charge in [0.1, 0.15) is 5.82 Å². The second-order valence-electron chi connectivity index (χ2n) is 7.32. The molecule has 0 saturated heterocycles. The summed E-state index contributed by atoms with van der Waals surface area (Å²) in [6, 6.07) is 10.9. The minimum atomic E-state index is -0.592. The van der Waals surface area contributed by atoms with Gasteiger partial charge in [0.2, 0.25) is 5.91 Å². The molecule has 1 aliphatic rings. The van der Waals surface area contributed by atoms with Gasteiger partial charge in [0.05, 0.1) is 16.6 Å². The molecule has 1 aliphatic carbocycles. The van der Waals surface area contributed by atoms with Crippen LogP contribution >= 0.6 is 23.2 Å². The van der Waals surface area contributed by atoms with E-state index in [1.165, 1.54) is 24.5 Å². The molecule has 3 aromatic rings. The number of pyridine rings is 1. The van der Waals surface area contributed by atoms with Crippen LogP contribution in [0.3, 0.4) is 0 Å². The summed E-state index contributed by atoms with van der Waals surface area (Å²) < 4.78 is 14.5. The Morgan fingerprint density at radius 3 is 2.68 bits per heavy atom. The average molecular weight is 458 g/mol. The number of carbonyl (C=O) groups is 2. The number of amides is 2. The SMILES string of the molecule is NC(=O)c1ccccc1CN(C(=O)c1ccncc1Cl)[C@@H]1CCc2c(F)cc(Cl)cc21. The van der Waals surface area contributed by atoms with E-state index in [9.17, 15) is 14.0 Å². The Bertz CT molecular complexity index is 1190. The van der Waals surface area contributed by atoms with Gasteiger partial charge in [0.15, 0.2) is 0 Å². The van der Waals surface area contributed by atoms with Crippen LogP contribution in [0.5, 0.6) is 0 Å². The number of rotatable bonds is 5. The number of nitrogens with zero attached hydrogens (tertiary/aromatic N) is 2. The van der Waals surface area contributed by atoms with Crippen LogP contribution in [0.4, 0.5) is 4.39 Å². The third kappa shape index (κ3) is 4.13. The lowest BCUT2D eigenvalue weighted by atomic mass is 10.0.